The number of morpholine rings is 1. The summed E-state index contributed by atoms with van der Waals surface area (Å²) >= 11 is 0. The predicted octanol–water partition coefficient (Wildman–Crippen LogP) is 2.37. The number of imidazole rings is 1. The summed E-state index contributed by atoms with van der Waals surface area (Å²) in [6.45, 7) is 5.62. The van der Waals surface area contributed by atoms with Crippen LogP contribution in [0.1, 0.15) is 17.8 Å². The molecule has 4 aromatic rings. The van der Waals surface area contributed by atoms with E-state index in [1.165, 1.54) is 5.56 Å². The predicted molar refractivity (Wildman–Crippen MR) is 142 cm³/mol. The number of anilines is 1. The molecule has 1 aromatic carbocycles. The molecule has 2 saturated heterocycles. The lowest BCUT2D eigenvalue weighted by molar-refractivity contribution is -0.128. The fourth-order valence-corrected chi connectivity index (χ4v) is 5.26. The van der Waals surface area contributed by atoms with Gasteiger partial charge >= 0.3 is 0 Å². The molecule has 2 aliphatic rings. The molecular weight excluding hydrogens is 487 g/mol. The molecule has 2 aliphatic heterocycles. The number of nitrogens with zero attached hydrogens (tertiary/aromatic N) is 7. The minimum atomic E-state index is -2.00. The number of alkyl halides is 1. The third-order valence-corrected chi connectivity index (χ3v) is 7.48. The molecule has 1 amide bonds. The Bertz CT molecular complexity index is 1510. The molecule has 0 saturated carbocycles. The number of ether oxygens (including phenoxy) is 1. The maximum absolute atomic E-state index is 14.8. The molecule has 0 spiro atoms. The summed E-state index contributed by atoms with van der Waals surface area (Å²) in [7, 11) is 1.92. The minimum Gasteiger partial charge on any atom is -0.378 e. The van der Waals surface area contributed by atoms with Crippen molar-refractivity contribution in [1.82, 2.24) is 29.2 Å². The Kier molecular flexibility index (Phi) is 6.11. The number of halogens is 1. The summed E-state index contributed by atoms with van der Waals surface area (Å²) in [6, 6.07) is 12.3. The van der Waals surface area contributed by atoms with Crippen LogP contribution in [-0.2, 0) is 23.1 Å². The molecule has 5 heterocycles. The van der Waals surface area contributed by atoms with Crippen molar-refractivity contribution in [3.63, 3.8) is 0 Å². The second-order valence-electron chi connectivity index (χ2n) is 10.2. The molecule has 0 aliphatic carbocycles. The summed E-state index contributed by atoms with van der Waals surface area (Å²) in [5.74, 6) is 0.522. The molecule has 38 heavy (non-hydrogen) atoms. The highest BCUT2D eigenvalue weighted by molar-refractivity contribution is 5.88. The van der Waals surface area contributed by atoms with Crippen LogP contribution in [0.5, 0.6) is 0 Å². The van der Waals surface area contributed by atoms with Gasteiger partial charge in [0.15, 0.2) is 11.5 Å². The zero-order valence-electron chi connectivity index (χ0n) is 21.6. The summed E-state index contributed by atoms with van der Waals surface area (Å²) in [5, 5.41) is 4.82. The average Bonchev–Trinajstić information content (AvgIpc) is 3.63. The standard InChI is InChI=1S/C27H31FN8O2/c1-18-4-3-5-19(14-18)20-6-8-36(32-20)22-15-21(35-10-12-38-13-11-35)24-25(31-22)33(2)23(30-24)16-34-9-7-27(28,17-34)26(29)37/h3-6,8,14-15H,7,9-13,16-17H2,1-2H3,(H2,29,37). The zero-order chi connectivity index (χ0) is 26.4. The lowest BCUT2D eigenvalue weighted by Gasteiger charge is -2.29. The molecule has 0 radical (unpaired) electrons. The number of primary amides is 1. The number of pyridine rings is 1. The third kappa shape index (κ3) is 4.41. The van der Waals surface area contributed by atoms with Crippen molar-refractivity contribution in [2.75, 3.05) is 44.3 Å². The van der Waals surface area contributed by atoms with E-state index in [1.54, 1.807) is 4.68 Å². The first-order valence-corrected chi connectivity index (χ1v) is 12.8. The number of fused-ring (bicyclic) bond motifs is 1. The van der Waals surface area contributed by atoms with Gasteiger partial charge in [-0.25, -0.2) is 19.0 Å². The van der Waals surface area contributed by atoms with Gasteiger partial charge in [-0.2, -0.15) is 5.10 Å². The first kappa shape index (κ1) is 24.5. The van der Waals surface area contributed by atoms with E-state index in [-0.39, 0.29) is 13.0 Å². The van der Waals surface area contributed by atoms with E-state index in [1.807, 2.05) is 47.0 Å². The van der Waals surface area contributed by atoms with Crippen molar-refractivity contribution in [2.24, 2.45) is 12.8 Å². The molecule has 10 nitrogen and oxygen atoms in total. The smallest absolute Gasteiger partial charge is 0.256 e. The maximum Gasteiger partial charge on any atom is 0.256 e. The molecule has 2 N–H and O–H groups in total. The zero-order valence-corrected chi connectivity index (χ0v) is 21.6. The van der Waals surface area contributed by atoms with E-state index in [4.69, 9.17) is 25.5 Å². The number of hydrogen-bond donors (Lipinski definition) is 1. The van der Waals surface area contributed by atoms with Crippen molar-refractivity contribution in [2.45, 2.75) is 25.6 Å². The van der Waals surface area contributed by atoms with Crippen LogP contribution in [0.3, 0.4) is 0 Å². The van der Waals surface area contributed by atoms with Gasteiger partial charge in [-0.05, 0) is 19.1 Å². The van der Waals surface area contributed by atoms with Crippen LogP contribution >= 0.6 is 0 Å². The van der Waals surface area contributed by atoms with E-state index in [0.717, 1.165) is 41.4 Å². The first-order valence-electron chi connectivity index (χ1n) is 12.8. The number of hydrogen-bond acceptors (Lipinski definition) is 7. The largest absolute Gasteiger partial charge is 0.378 e. The Hall–Kier alpha value is -3.83. The number of aromatic nitrogens is 5. The summed E-state index contributed by atoms with van der Waals surface area (Å²) in [6.07, 6.45) is 2.01. The number of nitrogens with two attached hydrogens (primary N) is 1. The monoisotopic (exact) mass is 518 g/mol. The first-order chi connectivity index (χ1) is 18.3. The average molecular weight is 519 g/mol. The lowest BCUT2D eigenvalue weighted by Crippen LogP contribution is -2.42. The fourth-order valence-electron chi connectivity index (χ4n) is 5.26. The summed E-state index contributed by atoms with van der Waals surface area (Å²) in [4.78, 5) is 25.6. The molecule has 2 fully saturated rings. The Labute approximate surface area is 219 Å². The van der Waals surface area contributed by atoms with Crippen molar-refractivity contribution < 1.29 is 13.9 Å². The van der Waals surface area contributed by atoms with Gasteiger partial charge in [0.2, 0.25) is 5.67 Å². The van der Waals surface area contributed by atoms with Crippen molar-refractivity contribution in [3.05, 3.63) is 54.0 Å². The SMILES string of the molecule is Cc1cccc(-c2ccn(-c3cc(N4CCOCC4)c4nc(CN5CCC(F)(C(N)=O)C5)n(C)c4n3)n2)c1. The van der Waals surface area contributed by atoms with Crippen LogP contribution in [0, 0.1) is 6.92 Å². The van der Waals surface area contributed by atoms with Crippen LogP contribution < -0.4 is 10.6 Å². The summed E-state index contributed by atoms with van der Waals surface area (Å²) in [5.41, 5.74) is 8.85. The topological polar surface area (TPSA) is 107 Å². The number of carbonyl (C=O) groups excluding carboxylic acids is 1. The van der Waals surface area contributed by atoms with Gasteiger partial charge in [0.1, 0.15) is 11.3 Å². The van der Waals surface area contributed by atoms with E-state index in [9.17, 15) is 9.18 Å². The molecular formula is C27H31FN8O2. The van der Waals surface area contributed by atoms with Gasteiger partial charge in [0.05, 0.1) is 31.1 Å². The molecule has 6 rings (SSSR count). The van der Waals surface area contributed by atoms with Crippen molar-refractivity contribution in [1.29, 1.82) is 0 Å². The van der Waals surface area contributed by atoms with E-state index in [0.29, 0.717) is 37.8 Å². The van der Waals surface area contributed by atoms with Crippen molar-refractivity contribution >= 4 is 22.8 Å². The van der Waals surface area contributed by atoms with Crippen molar-refractivity contribution in [3.8, 4) is 17.1 Å². The molecule has 11 heteroatoms. The normalized spacial score (nSPS) is 20.4. The Morgan fingerprint density at radius 2 is 1.97 bits per heavy atom. The van der Waals surface area contributed by atoms with Gasteiger partial charge in [0, 0.05) is 57.5 Å². The fraction of sp³-hybridized carbons (Fsp3) is 0.407. The molecule has 0 bridgehead atoms. The van der Waals surface area contributed by atoms with Crippen LogP contribution in [0.25, 0.3) is 28.2 Å². The van der Waals surface area contributed by atoms with E-state index in [2.05, 4.69) is 24.0 Å². The number of carbonyl (C=O) groups is 1. The lowest BCUT2D eigenvalue weighted by atomic mass is 10.1. The van der Waals surface area contributed by atoms with E-state index < -0.39 is 11.6 Å². The number of likely N-dealkylation sites (tertiary alicyclic amines) is 1. The number of benzene rings is 1. The van der Waals surface area contributed by atoms with Crippen LogP contribution in [0.15, 0.2) is 42.6 Å². The van der Waals surface area contributed by atoms with Gasteiger partial charge < -0.3 is 19.9 Å². The quantitative estimate of drug-likeness (QED) is 0.418. The summed E-state index contributed by atoms with van der Waals surface area (Å²) < 4.78 is 24.1. The second-order valence-corrected chi connectivity index (χ2v) is 10.2. The molecule has 198 valence electrons. The highest BCUT2D eigenvalue weighted by atomic mass is 19.1. The van der Waals surface area contributed by atoms with Gasteiger partial charge in [0.25, 0.3) is 5.91 Å². The van der Waals surface area contributed by atoms with Crippen LogP contribution in [0.2, 0.25) is 0 Å². The Morgan fingerprint density at radius 1 is 1.16 bits per heavy atom. The van der Waals surface area contributed by atoms with Crippen LogP contribution in [0.4, 0.5) is 10.1 Å². The minimum absolute atomic E-state index is 0.0322. The maximum atomic E-state index is 14.8. The highest BCUT2D eigenvalue weighted by Gasteiger charge is 2.44. The third-order valence-electron chi connectivity index (χ3n) is 7.48. The number of aryl methyl sites for hydroxylation is 2. The molecule has 3 aromatic heterocycles. The number of amides is 1. The van der Waals surface area contributed by atoms with E-state index >= 15 is 0 Å². The highest BCUT2D eigenvalue weighted by Crippen LogP contribution is 2.31. The number of rotatable bonds is 6. The molecule has 1 atom stereocenters. The Balaban J connectivity index is 1.39. The molecule has 1 unspecified atom stereocenters. The van der Waals surface area contributed by atoms with Crippen LogP contribution in [-0.4, -0.2) is 80.2 Å². The second kappa shape index (κ2) is 9.48. The van der Waals surface area contributed by atoms with Gasteiger partial charge in [-0.15, -0.1) is 0 Å². The van der Waals surface area contributed by atoms with Gasteiger partial charge in [-0.3, -0.25) is 9.69 Å². The van der Waals surface area contributed by atoms with Gasteiger partial charge in [-0.1, -0.05) is 23.8 Å². The Morgan fingerprint density at radius 3 is 2.71 bits per heavy atom.